The average Bonchev–Trinajstić information content (AvgIpc) is 2.69. The third-order valence-electron chi connectivity index (χ3n) is 4.80. The van der Waals surface area contributed by atoms with Crippen LogP contribution in [0.1, 0.15) is 43.0 Å². The molecule has 0 radical (unpaired) electrons. The van der Waals surface area contributed by atoms with Gasteiger partial charge in [-0.2, -0.15) is 0 Å². The van der Waals surface area contributed by atoms with Gasteiger partial charge >= 0.3 is 0 Å². The van der Waals surface area contributed by atoms with E-state index in [1.54, 1.807) is 18.6 Å². The number of halogens is 1. The largest absolute Gasteiger partial charge is 0.354 e. The molecule has 1 aliphatic heterocycles. The second-order valence-corrected chi connectivity index (χ2v) is 6.66. The fourth-order valence-corrected chi connectivity index (χ4v) is 3.37. The van der Waals surface area contributed by atoms with Crippen LogP contribution >= 0.6 is 0 Å². The van der Waals surface area contributed by atoms with Crippen molar-refractivity contribution in [2.45, 2.75) is 38.1 Å². The number of carbonyl (C=O) groups excluding carboxylic acids is 1. The Morgan fingerprint density at radius 2 is 1.92 bits per heavy atom. The molecular formula is C20H25FN4O. The van der Waals surface area contributed by atoms with Gasteiger partial charge in [0.05, 0.1) is 11.7 Å². The van der Waals surface area contributed by atoms with Crippen LogP contribution in [-0.4, -0.2) is 40.4 Å². The molecule has 26 heavy (non-hydrogen) atoms. The van der Waals surface area contributed by atoms with Crippen LogP contribution in [0.3, 0.4) is 0 Å². The van der Waals surface area contributed by atoms with Gasteiger partial charge in [-0.1, -0.05) is 18.6 Å². The van der Waals surface area contributed by atoms with Gasteiger partial charge in [-0.05, 0) is 50.0 Å². The Kier molecular flexibility index (Phi) is 6.66. The summed E-state index contributed by atoms with van der Waals surface area (Å²) in [6.45, 7) is 2.56. The van der Waals surface area contributed by atoms with Crippen LogP contribution in [0, 0.1) is 5.82 Å². The summed E-state index contributed by atoms with van der Waals surface area (Å²) in [5.74, 6) is -0.237. The standard InChI is InChI=1S/C20H25FN4O/c21-17-6-4-16(5-7-17)19(25-12-2-1-3-13-25)15-24-20(26)9-8-18-14-22-10-11-23-18/h4-7,10-11,14,19H,1-3,8-9,12-13,15H2,(H,24,26)/t19-/m1/s1. The van der Waals surface area contributed by atoms with Crippen molar-refractivity contribution in [2.24, 2.45) is 0 Å². The van der Waals surface area contributed by atoms with Crippen molar-refractivity contribution in [3.8, 4) is 0 Å². The van der Waals surface area contributed by atoms with E-state index in [9.17, 15) is 9.18 Å². The molecule has 6 heteroatoms. The second-order valence-electron chi connectivity index (χ2n) is 6.66. The van der Waals surface area contributed by atoms with Crippen LogP contribution in [0.25, 0.3) is 0 Å². The van der Waals surface area contributed by atoms with Gasteiger partial charge in [0.2, 0.25) is 5.91 Å². The predicted molar refractivity (Wildman–Crippen MR) is 97.9 cm³/mol. The summed E-state index contributed by atoms with van der Waals surface area (Å²) in [4.78, 5) is 22.8. The van der Waals surface area contributed by atoms with Gasteiger partial charge in [-0.25, -0.2) is 4.39 Å². The molecule has 0 spiro atoms. The number of carbonyl (C=O) groups is 1. The fraction of sp³-hybridized carbons (Fsp3) is 0.450. The van der Waals surface area contributed by atoms with Crippen molar-refractivity contribution in [3.63, 3.8) is 0 Å². The number of benzene rings is 1. The van der Waals surface area contributed by atoms with Gasteiger partial charge in [0, 0.05) is 31.6 Å². The van der Waals surface area contributed by atoms with Crippen molar-refractivity contribution < 1.29 is 9.18 Å². The SMILES string of the molecule is O=C(CCc1cnccn1)NC[C@H](c1ccc(F)cc1)N1CCCCC1. The minimum Gasteiger partial charge on any atom is -0.354 e. The summed E-state index contributed by atoms with van der Waals surface area (Å²) in [6.07, 6.45) is 9.47. The highest BCUT2D eigenvalue weighted by molar-refractivity contribution is 5.76. The molecule has 138 valence electrons. The first-order valence-corrected chi connectivity index (χ1v) is 9.23. The summed E-state index contributed by atoms with van der Waals surface area (Å²) in [6, 6.07) is 6.70. The molecule has 2 aromatic rings. The Hall–Kier alpha value is -2.34. The van der Waals surface area contributed by atoms with E-state index in [4.69, 9.17) is 0 Å². The zero-order valence-corrected chi connectivity index (χ0v) is 14.9. The van der Waals surface area contributed by atoms with Gasteiger partial charge in [0.1, 0.15) is 5.82 Å². The number of nitrogens with one attached hydrogen (secondary N) is 1. The van der Waals surface area contributed by atoms with E-state index < -0.39 is 0 Å². The molecule has 1 saturated heterocycles. The van der Waals surface area contributed by atoms with Crippen LogP contribution in [0.15, 0.2) is 42.9 Å². The van der Waals surface area contributed by atoms with Gasteiger partial charge in [-0.3, -0.25) is 19.7 Å². The number of rotatable bonds is 7. The predicted octanol–water partition coefficient (Wildman–Crippen LogP) is 2.89. The molecule has 1 aromatic heterocycles. The molecule has 0 unspecified atom stereocenters. The molecule has 1 fully saturated rings. The van der Waals surface area contributed by atoms with E-state index in [0.717, 1.165) is 37.2 Å². The lowest BCUT2D eigenvalue weighted by Crippen LogP contribution is -2.40. The third kappa shape index (κ3) is 5.33. The highest BCUT2D eigenvalue weighted by Gasteiger charge is 2.22. The van der Waals surface area contributed by atoms with Gasteiger partial charge in [-0.15, -0.1) is 0 Å². The van der Waals surface area contributed by atoms with E-state index in [1.807, 2.05) is 12.1 Å². The third-order valence-corrected chi connectivity index (χ3v) is 4.80. The van der Waals surface area contributed by atoms with E-state index in [0.29, 0.717) is 19.4 Å². The number of aromatic nitrogens is 2. The summed E-state index contributed by atoms with van der Waals surface area (Å²) < 4.78 is 13.3. The maximum atomic E-state index is 13.3. The molecule has 5 nitrogen and oxygen atoms in total. The molecule has 1 atom stereocenters. The Balaban J connectivity index is 1.58. The first-order chi connectivity index (χ1) is 12.7. The molecule has 1 aromatic carbocycles. The molecule has 1 aliphatic rings. The van der Waals surface area contributed by atoms with E-state index in [1.165, 1.54) is 18.6 Å². The lowest BCUT2D eigenvalue weighted by Gasteiger charge is -2.35. The zero-order chi connectivity index (χ0) is 18.2. The van der Waals surface area contributed by atoms with Crippen LogP contribution in [0.2, 0.25) is 0 Å². The van der Waals surface area contributed by atoms with Crippen molar-refractivity contribution in [3.05, 3.63) is 59.9 Å². The van der Waals surface area contributed by atoms with Crippen LogP contribution in [-0.2, 0) is 11.2 Å². The van der Waals surface area contributed by atoms with Crippen LogP contribution in [0.5, 0.6) is 0 Å². The monoisotopic (exact) mass is 356 g/mol. The second kappa shape index (κ2) is 9.38. The molecule has 1 amide bonds. The molecule has 0 bridgehead atoms. The quantitative estimate of drug-likeness (QED) is 0.829. The van der Waals surface area contributed by atoms with Crippen molar-refractivity contribution in [2.75, 3.05) is 19.6 Å². The van der Waals surface area contributed by atoms with Crippen molar-refractivity contribution in [1.29, 1.82) is 0 Å². The van der Waals surface area contributed by atoms with E-state index >= 15 is 0 Å². The molecule has 2 heterocycles. The summed E-state index contributed by atoms with van der Waals surface area (Å²) in [5, 5.41) is 3.04. The zero-order valence-electron chi connectivity index (χ0n) is 14.9. The number of nitrogens with zero attached hydrogens (tertiary/aromatic N) is 3. The fourth-order valence-electron chi connectivity index (χ4n) is 3.37. The number of aryl methyl sites for hydroxylation is 1. The number of piperidine rings is 1. The molecule has 0 saturated carbocycles. The summed E-state index contributed by atoms with van der Waals surface area (Å²) >= 11 is 0. The van der Waals surface area contributed by atoms with Crippen molar-refractivity contribution in [1.82, 2.24) is 20.2 Å². The van der Waals surface area contributed by atoms with Crippen LogP contribution in [0.4, 0.5) is 4.39 Å². The summed E-state index contributed by atoms with van der Waals surface area (Å²) in [7, 11) is 0. The molecule has 3 rings (SSSR count). The first kappa shape index (κ1) is 18.5. The van der Waals surface area contributed by atoms with Crippen molar-refractivity contribution >= 4 is 5.91 Å². The molecule has 0 aliphatic carbocycles. The van der Waals surface area contributed by atoms with Gasteiger partial charge < -0.3 is 5.32 Å². The minimum absolute atomic E-state index is 0.000209. The number of likely N-dealkylation sites (tertiary alicyclic amines) is 1. The number of hydrogen-bond donors (Lipinski definition) is 1. The Morgan fingerprint density at radius 3 is 2.62 bits per heavy atom. The Labute approximate surface area is 153 Å². The van der Waals surface area contributed by atoms with Gasteiger partial charge in [0.25, 0.3) is 0 Å². The maximum Gasteiger partial charge on any atom is 0.220 e. The number of amides is 1. The molecular weight excluding hydrogens is 331 g/mol. The van der Waals surface area contributed by atoms with E-state index in [-0.39, 0.29) is 17.8 Å². The smallest absolute Gasteiger partial charge is 0.220 e. The lowest BCUT2D eigenvalue weighted by molar-refractivity contribution is -0.121. The number of hydrogen-bond acceptors (Lipinski definition) is 4. The van der Waals surface area contributed by atoms with E-state index in [2.05, 4.69) is 20.2 Å². The normalized spacial score (nSPS) is 16.2. The highest BCUT2D eigenvalue weighted by atomic mass is 19.1. The van der Waals surface area contributed by atoms with Gasteiger partial charge in [0.15, 0.2) is 0 Å². The average molecular weight is 356 g/mol. The van der Waals surface area contributed by atoms with Crippen LogP contribution < -0.4 is 5.32 Å². The Morgan fingerprint density at radius 1 is 1.15 bits per heavy atom. The molecule has 1 N–H and O–H groups in total. The minimum atomic E-state index is -0.237. The lowest BCUT2D eigenvalue weighted by atomic mass is 10.0. The maximum absolute atomic E-state index is 13.3. The highest BCUT2D eigenvalue weighted by Crippen LogP contribution is 2.24. The Bertz CT molecular complexity index is 687. The first-order valence-electron chi connectivity index (χ1n) is 9.23. The summed E-state index contributed by atoms with van der Waals surface area (Å²) in [5.41, 5.74) is 1.86. The topological polar surface area (TPSA) is 58.1 Å².